The van der Waals surface area contributed by atoms with Crippen LogP contribution in [-0.2, 0) is 46.0 Å². The Hall–Kier alpha value is -4.78. The molecule has 0 bridgehead atoms. The molecule has 4 aromatic rings. The zero-order chi connectivity index (χ0) is 41.8. The number of carbonyl (C=O) groups is 2. The molecule has 6 N–H and O–H groups in total. The summed E-state index contributed by atoms with van der Waals surface area (Å²) < 4.78 is 53.2. The third-order valence-corrected chi connectivity index (χ3v) is 14.3. The van der Waals surface area contributed by atoms with Crippen molar-refractivity contribution >= 4 is 54.9 Å². The van der Waals surface area contributed by atoms with Gasteiger partial charge in [-0.25, -0.2) is 21.5 Å². The van der Waals surface area contributed by atoms with Crippen molar-refractivity contribution in [2.45, 2.75) is 90.1 Å². The lowest BCUT2D eigenvalue weighted by Crippen LogP contribution is -2.37. The summed E-state index contributed by atoms with van der Waals surface area (Å²) in [7, 11) is -6.68. The third-order valence-electron chi connectivity index (χ3n) is 11.8. The van der Waals surface area contributed by atoms with E-state index in [1.54, 1.807) is 0 Å². The maximum Gasteiger partial charge on any atom is 0.256 e. The fourth-order valence-electron chi connectivity index (χ4n) is 8.33. The average molecular weight is 835 g/mol. The molecule has 0 aliphatic carbocycles. The molecule has 0 amide bonds. The summed E-state index contributed by atoms with van der Waals surface area (Å²) in [6.45, 7) is 10.9. The van der Waals surface area contributed by atoms with E-state index in [0.717, 1.165) is 33.6 Å². The number of carbonyl (C=O) groups excluding carboxylic acids is 2. The summed E-state index contributed by atoms with van der Waals surface area (Å²) in [5, 5.41) is 15.5. The zero-order valence-corrected chi connectivity index (χ0v) is 35.6. The van der Waals surface area contributed by atoms with Gasteiger partial charge in [-0.3, -0.25) is 9.59 Å². The lowest BCUT2D eigenvalue weighted by Gasteiger charge is -2.28. The van der Waals surface area contributed by atoms with Crippen molar-refractivity contribution in [3.63, 3.8) is 0 Å². The molecule has 18 heteroatoms. The highest BCUT2D eigenvalue weighted by atomic mass is 32.2. The standard InChI is InChI=1S/2C20H27N5O3S/c1-12(2)13-4-5-17-16(10-13)14(6-8-22-17)20(26)25-18-11-24(29(3,27)28)9-7-15(18)19(21)23-25;1-12(2)13-4-5-17-16(10-13)14(6-8-22-17)20(26)25-19(21)15-7-9-24(29(3,27)28)11-18(15)23-25/h4-5,10,12,14,22H,6-9,11H2,1-3H3,(H2,21,23);4-5,10,12,14,22H,6-9,11,21H2,1-3H3. The largest absolute Gasteiger partial charge is 0.385 e. The van der Waals surface area contributed by atoms with Crippen LogP contribution in [0, 0.1) is 0 Å². The van der Waals surface area contributed by atoms with E-state index in [0.29, 0.717) is 86.7 Å². The van der Waals surface area contributed by atoms with Crippen molar-refractivity contribution in [3.05, 3.63) is 81.2 Å². The number of nitrogens with one attached hydrogen (secondary N) is 2. The van der Waals surface area contributed by atoms with E-state index in [1.807, 2.05) is 12.1 Å². The molecule has 16 nitrogen and oxygen atoms in total. The Morgan fingerprint density at radius 1 is 0.707 bits per heavy atom. The molecule has 2 atom stereocenters. The number of fused-ring (bicyclic) bond motifs is 4. The van der Waals surface area contributed by atoms with Crippen LogP contribution >= 0.6 is 0 Å². The van der Waals surface area contributed by atoms with Crippen molar-refractivity contribution in [2.75, 3.05) is 60.8 Å². The minimum absolute atomic E-state index is 0.119. The predicted octanol–water partition coefficient (Wildman–Crippen LogP) is 4.29. The summed E-state index contributed by atoms with van der Waals surface area (Å²) in [5.74, 6) is 0.367. The van der Waals surface area contributed by atoms with Crippen LogP contribution in [0.3, 0.4) is 0 Å². The van der Waals surface area contributed by atoms with Gasteiger partial charge in [-0.15, -0.1) is 5.10 Å². The molecule has 0 radical (unpaired) electrons. The molecule has 8 rings (SSSR count). The predicted molar refractivity (Wildman–Crippen MR) is 225 cm³/mol. The molecular weight excluding hydrogens is 781 g/mol. The van der Waals surface area contributed by atoms with E-state index in [-0.39, 0.29) is 36.7 Å². The highest BCUT2D eigenvalue weighted by molar-refractivity contribution is 7.88. The number of hydrogen-bond acceptors (Lipinski definition) is 12. The van der Waals surface area contributed by atoms with Gasteiger partial charge in [0.25, 0.3) is 11.8 Å². The van der Waals surface area contributed by atoms with Crippen molar-refractivity contribution < 1.29 is 26.4 Å². The van der Waals surface area contributed by atoms with Gasteiger partial charge in [0.05, 0.1) is 48.8 Å². The van der Waals surface area contributed by atoms with Crippen LogP contribution in [0.5, 0.6) is 0 Å². The molecule has 58 heavy (non-hydrogen) atoms. The number of hydrogen-bond donors (Lipinski definition) is 4. The smallest absolute Gasteiger partial charge is 0.256 e. The van der Waals surface area contributed by atoms with Crippen molar-refractivity contribution in [1.29, 1.82) is 0 Å². The quantitative estimate of drug-likeness (QED) is 0.214. The normalized spacial score (nSPS) is 19.5. The molecule has 0 fully saturated rings. The molecule has 2 unspecified atom stereocenters. The molecule has 4 aliphatic heterocycles. The first-order valence-electron chi connectivity index (χ1n) is 19.8. The van der Waals surface area contributed by atoms with Gasteiger partial charge < -0.3 is 22.1 Å². The number of nitrogens with two attached hydrogens (primary N) is 2. The monoisotopic (exact) mass is 834 g/mol. The van der Waals surface area contributed by atoms with Crippen molar-refractivity contribution in [2.24, 2.45) is 0 Å². The first-order valence-corrected chi connectivity index (χ1v) is 23.5. The lowest BCUT2D eigenvalue weighted by molar-refractivity contribution is 0.0845. The Morgan fingerprint density at radius 2 is 1.19 bits per heavy atom. The number of benzene rings is 2. The van der Waals surface area contributed by atoms with Gasteiger partial charge in [-0.2, -0.15) is 18.4 Å². The number of sulfonamides is 2. The first kappa shape index (κ1) is 41.4. The van der Waals surface area contributed by atoms with E-state index in [9.17, 15) is 26.4 Å². The highest BCUT2D eigenvalue weighted by Gasteiger charge is 2.36. The Balaban J connectivity index is 0.000000177. The SMILES string of the molecule is CC(C)c1ccc2c(c1)C(C(=O)n1nc(N)c3c1CN(S(C)(=O)=O)CC3)CCN2.CC(C)c1ccc2c(c1)C(C(=O)n1nc3c(c1N)CCN(S(C)(=O)=O)C3)CCN2. The highest BCUT2D eigenvalue weighted by Crippen LogP contribution is 2.38. The number of aromatic nitrogens is 4. The number of nitrogens with zero attached hydrogens (tertiary/aromatic N) is 6. The summed E-state index contributed by atoms with van der Waals surface area (Å²) in [4.78, 5) is 27.0. The summed E-state index contributed by atoms with van der Waals surface area (Å²) in [6, 6.07) is 12.4. The van der Waals surface area contributed by atoms with E-state index in [4.69, 9.17) is 11.5 Å². The number of anilines is 4. The first-order chi connectivity index (χ1) is 27.3. The molecule has 312 valence electrons. The second kappa shape index (κ2) is 15.8. The fraction of sp³-hybridized carbons (Fsp3) is 0.500. The van der Waals surface area contributed by atoms with Gasteiger partial charge in [0, 0.05) is 48.7 Å². The third kappa shape index (κ3) is 7.98. The van der Waals surface area contributed by atoms with Crippen LogP contribution in [0.25, 0.3) is 0 Å². The molecule has 4 aliphatic rings. The van der Waals surface area contributed by atoms with Crippen LogP contribution in [0.2, 0.25) is 0 Å². The second-order valence-electron chi connectivity index (χ2n) is 16.4. The maximum atomic E-state index is 13.5. The Bertz CT molecular complexity index is 2490. The second-order valence-corrected chi connectivity index (χ2v) is 20.3. The van der Waals surface area contributed by atoms with Gasteiger partial charge >= 0.3 is 0 Å². The topological polar surface area (TPSA) is 221 Å². The maximum absolute atomic E-state index is 13.5. The molecule has 6 heterocycles. The average Bonchev–Trinajstić information content (AvgIpc) is 3.71. The van der Waals surface area contributed by atoms with Crippen LogP contribution in [-0.4, -0.2) is 95.5 Å². The molecule has 0 saturated carbocycles. The Morgan fingerprint density at radius 3 is 1.69 bits per heavy atom. The lowest BCUT2D eigenvalue weighted by atomic mass is 9.87. The van der Waals surface area contributed by atoms with Crippen molar-refractivity contribution in [1.82, 2.24) is 28.2 Å². The van der Waals surface area contributed by atoms with E-state index < -0.39 is 20.0 Å². The van der Waals surface area contributed by atoms with E-state index in [2.05, 4.69) is 72.8 Å². The summed E-state index contributed by atoms with van der Waals surface area (Å²) in [5.41, 5.74) is 21.3. The van der Waals surface area contributed by atoms with E-state index >= 15 is 0 Å². The Kier molecular flexibility index (Phi) is 11.2. The molecule has 0 spiro atoms. The molecule has 2 aromatic carbocycles. The van der Waals surface area contributed by atoms with Gasteiger partial charge in [0.15, 0.2) is 0 Å². The number of rotatable bonds is 6. The van der Waals surface area contributed by atoms with Gasteiger partial charge in [-0.05, 0) is 71.9 Å². The van der Waals surface area contributed by atoms with Crippen LogP contribution < -0.4 is 22.1 Å². The van der Waals surface area contributed by atoms with Gasteiger partial charge in [0.1, 0.15) is 11.6 Å². The van der Waals surface area contributed by atoms with E-state index in [1.165, 1.54) is 41.6 Å². The molecule has 2 aromatic heterocycles. The fourth-order valence-corrected chi connectivity index (χ4v) is 9.89. The van der Waals surface area contributed by atoms with Gasteiger partial charge in [0.2, 0.25) is 20.0 Å². The van der Waals surface area contributed by atoms with Crippen molar-refractivity contribution in [3.8, 4) is 0 Å². The summed E-state index contributed by atoms with van der Waals surface area (Å²) in [6.07, 6.45) is 4.59. The van der Waals surface area contributed by atoms with Crippen LogP contribution in [0.1, 0.15) is 119 Å². The van der Waals surface area contributed by atoms with Crippen LogP contribution in [0.15, 0.2) is 36.4 Å². The zero-order valence-electron chi connectivity index (χ0n) is 33.9. The molecular formula is C40H54N10O6S2. The minimum atomic E-state index is -3.36. The number of nitrogen functional groups attached to an aromatic ring is 2. The van der Waals surface area contributed by atoms with Crippen LogP contribution in [0.4, 0.5) is 23.0 Å². The summed E-state index contributed by atoms with van der Waals surface area (Å²) >= 11 is 0. The minimum Gasteiger partial charge on any atom is -0.385 e. The Labute approximate surface area is 340 Å². The van der Waals surface area contributed by atoms with Gasteiger partial charge in [-0.1, -0.05) is 52.0 Å². The molecule has 0 saturated heterocycles.